The summed E-state index contributed by atoms with van der Waals surface area (Å²) in [6, 6.07) is 36.8. The van der Waals surface area contributed by atoms with Crippen LogP contribution in [0.25, 0.3) is 6.08 Å². The number of carbonyl (C=O) groups is 3. The van der Waals surface area contributed by atoms with E-state index in [9.17, 15) is 24.5 Å². The Balaban J connectivity index is 1.18. The van der Waals surface area contributed by atoms with Crippen molar-refractivity contribution in [1.82, 2.24) is 5.32 Å². The minimum absolute atomic E-state index is 0.0544. The van der Waals surface area contributed by atoms with E-state index in [0.717, 1.165) is 26.1 Å². The van der Waals surface area contributed by atoms with Crippen LogP contribution in [0.3, 0.4) is 0 Å². The van der Waals surface area contributed by atoms with Crippen molar-refractivity contribution in [1.29, 1.82) is 0 Å². The van der Waals surface area contributed by atoms with Crippen LogP contribution in [-0.2, 0) is 9.59 Å². The fraction of sp³-hybridized carbons (Fsp3) is 0.0278. The molecule has 11 heteroatoms. The van der Waals surface area contributed by atoms with E-state index >= 15 is 0 Å². The number of hydrogen-bond donors (Lipinski definition) is 2. The van der Waals surface area contributed by atoms with E-state index in [1.807, 2.05) is 54.6 Å². The first-order valence-corrected chi connectivity index (χ1v) is 16.2. The summed E-state index contributed by atoms with van der Waals surface area (Å²) in [7, 11) is 0. The van der Waals surface area contributed by atoms with Gasteiger partial charge in [0.2, 0.25) is 5.91 Å². The van der Waals surface area contributed by atoms with Crippen LogP contribution in [0.1, 0.15) is 15.9 Å². The van der Waals surface area contributed by atoms with Crippen LogP contribution in [0.15, 0.2) is 148 Å². The lowest BCUT2D eigenvalue weighted by Crippen LogP contribution is -2.30. The summed E-state index contributed by atoms with van der Waals surface area (Å²) in [5.74, 6) is -1.01. The third-order valence-electron chi connectivity index (χ3n) is 7.08. The zero-order valence-electron chi connectivity index (χ0n) is 24.7. The zero-order chi connectivity index (χ0) is 32.8. The Labute approximate surface area is 278 Å². The molecule has 0 bridgehead atoms. The van der Waals surface area contributed by atoms with Crippen molar-refractivity contribution in [2.75, 3.05) is 16.0 Å². The Kier molecular flexibility index (Phi) is 9.46. The number of para-hydroxylation sites is 2. The summed E-state index contributed by atoms with van der Waals surface area (Å²) < 4.78 is 0. The molecule has 0 aliphatic carbocycles. The third-order valence-corrected chi connectivity index (χ3v) is 9.19. The summed E-state index contributed by atoms with van der Waals surface area (Å²) in [5, 5.41) is 16.6. The number of non-ortho nitro benzene ring substituents is 1. The lowest BCUT2D eigenvalue weighted by atomic mass is 10.1. The highest BCUT2D eigenvalue weighted by Gasteiger charge is 2.27. The highest BCUT2D eigenvalue weighted by Crippen LogP contribution is 2.48. The average Bonchev–Trinajstić information content (AvgIpc) is 3.10. The Morgan fingerprint density at radius 2 is 1.43 bits per heavy atom. The van der Waals surface area contributed by atoms with Crippen molar-refractivity contribution in [3.63, 3.8) is 0 Å². The number of nitrogens with one attached hydrogen (secondary N) is 2. The number of thioether (sulfide) groups is 1. The maximum atomic E-state index is 13.6. The molecule has 0 radical (unpaired) electrons. The number of benzene rings is 5. The molecule has 0 fully saturated rings. The molecule has 0 saturated carbocycles. The molecule has 232 valence electrons. The smallest absolute Gasteiger partial charge is 0.272 e. The predicted molar refractivity (Wildman–Crippen MR) is 185 cm³/mol. The fourth-order valence-electron chi connectivity index (χ4n) is 4.85. The summed E-state index contributed by atoms with van der Waals surface area (Å²) in [6.07, 6.45) is 1.45. The van der Waals surface area contributed by atoms with Gasteiger partial charge >= 0.3 is 0 Å². The van der Waals surface area contributed by atoms with Gasteiger partial charge in [0.1, 0.15) is 5.70 Å². The van der Waals surface area contributed by atoms with Crippen molar-refractivity contribution in [3.8, 4) is 0 Å². The molecule has 0 aromatic heterocycles. The highest BCUT2D eigenvalue weighted by atomic mass is 32.2. The second-order valence-electron chi connectivity index (χ2n) is 10.3. The monoisotopic (exact) mass is 658 g/mol. The molecular weight excluding hydrogens is 633 g/mol. The van der Waals surface area contributed by atoms with Crippen LogP contribution in [-0.4, -0.2) is 28.4 Å². The molecule has 9 nitrogen and oxygen atoms in total. The third kappa shape index (κ3) is 7.43. The number of fused-ring (bicyclic) bond motifs is 2. The van der Waals surface area contributed by atoms with Gasteiger partial charge in [-0.3, -0.25) is 29.4 Å². The van der Waals surface area contributed by atoms with E-state index in [2.05, 4.69) is 10.6 Å². The molecule has 0 spiro atoms. The van der Waals surface area contributed by atoms with Crippen LogP contribution in [0.4, 0.5) is 22.7 Å². The normalized spacial score (nSPS) is 12.0. The van der Waals surface area contributed by atoms with Crippen molar-refractivity contribution in [2.24, 2.45) is 0 Å². The van der Waals surface area contributed by atoms with Gasteiger partial charge in [-0.25, -0.2) is 0 Å². The van der Waals surface area contributed by atoms with Gasteiger partial charge < -0.3 is 10.6 Å². The van der Waals surface area contributed by atoms with E-state index in [4.69, 9.17) is 0 Å². The molecule has 0 unspecified atom stereocenters. The van der Waals surface area contributed by atoms with Crippen LogP contribution < -0.4 is 15.5 Å². The first-order chi connectivity index (χ1) is 22.9. The van der Waals surface area contributed by atoms with Gasteiger partial charge in [-0.1, -0.05) is 60.3 Å². The van der Waals surface area contributed by atoms with E-state index < -0.39 is 16.7 Å². The first kappa shape index (κ1) is 31.3. The standard InChI is InChI=1S/C36H26N4O5S2/c41-34(39-30-13-4-6-15-32(30)47-33-16-7-5-14-31(33)39)23-46-28-12-8-11-26(22-28)37-36(43)29(38-35(42)25-9-2-1-3-10-25)21-24-17-19-27(20-18-24)40(44)45/h1-22H,23H2,(H,37,43)(H,38,42)/b29-21-. The highest BCUT2D eigenvalue weighted by molar-refractivity contribution is 8.00. The van der Waals surface area contributed by atoms with Gasteiger partial charge in [0, 0.05) is 38.1 Å². The summed E-state index contributed by atoms with van der Waals surface area (Å²) >= 11 is 2.98. The zero-order valence-corrected chi connectivity index (χ0v) is 26.3. The Bertz CT molecular complexity index is 1970. The predicted octanol–water partition coefficient (Wildman–Crippen LogP) is 7.93. The van der Waals surface area contributed by atoms with Crippen molar-refractivity contribution < 1.29 is 19.3 Å². The lowest BCUT2D eigenvalue weighted by molar-refractivity contribution is -0.384. The fourth-order valence-corrected chi connectivity index (χ4v) is 6.71. The molecular formula is C36H26N4O5S2. The molecule has 1 aliphatic rings. The molecule has 1 heterocycles. The quantitative estimate of drug-likeness (QED) is 0.0714. The van der Waals surface area contributed by atoms with Crippen LogP contribution in [0.5, 0.6) is 0 Å². The number of amides is 3. The second-order valence-corrected chi connectivity index (χ2v) is 12.4. The molecule has 5 aromatic carbocycles. The number of rotatable bonds is 9. The van der Waals surface area contributed by atoms with Gasteiger partial charge in [0.05, 0.1) is 22.1 Å². The van der Waals surface area contributed by atoms with Crippen molar-refractivity contribution in [2.45, 2.75) is 14.7 Å². The summed E-state index contributed by atoms with van der Waals surface area (Å²) in [6.45, 7) is 0. The van der Waals surface area contributed by atoms with Gasteiger partial charge in [0.25, 0.3) is 17.5 Å². The molecule has 1 aliphatic heterocycles. The molecule has 6 rings (SSSR count). The van der Waals surface area contributed by atoms with Crippen molar-refractivity contribution >= 4 is 70.1 Å². The number of hydrogen-bond acceptors (Lipinski definition) is 7. The molecule has 0 atom stereocenters. The molecule has 3 amide bonds. The molecule has 2 N–H and O–H groups in total. The largest absolute Gasteiger partial charge is 0.321 e. The molecule has 0 saturated heterocycles. The summed E-state index contributed by atoms with van der Waals surface area (Å²) in [5.41, 5.74) is 2.83. The Morgan fingerprint density at radius 1 is 0.787 bits per heavy atom. The first-order valence-electron chi connectivity index (χ1n) is 14.4. The van der Waals surface area contributed by atoms with Gasteiger partial charge in [-0.05, 0) is 78.4 Å². The maximum absolute atomic E-state index is 13.6. The van der Waals surface area contributed by atoms with Gasteiger partial charge in [-0.2, -0.15) is 0 Å². The number of nitrogens with zero attached hydrogens (tertiary/aromatic N) is 2. The minimum atomic E-state index is -0.593. The lowest BCUT2D eigenvalue weighted by Gasteiger charge is -2.31. The number of nitro groups is 1. The van der Waals surface area contributed by atoms with Crippen molar-refractivity contribution in [3.05, 3.63) is 154 Å². The maximum Gasteiger partial charge on any atom is 0.272 e. The SMILES string of the molecule is O=C(Nc1cccc(SCC(=O)N2c3ccccc3Sc3ccccc32)c1)/C(=C/c1ccc([N+](=O)[O-])cc1)NC(=O)c1ccccc1. The molecule has 5 aromatic rings. The number of nitro benzene ring substituents is 1. The number of carbonyl (C=O) groups excluding carboxylic acids is 3. The topological polar surface area (TPSA) is 122 Å². The average molecular weight is 659 g/mol. The Hall–Kier alpha value is -5.65. The molecule has 47 heavy (non-hydrogen) atoms. The summed E-state index contributed by atoms with van der Waals surface area (Å²) in [4.78, 5) is 55.2. The van der Waals surface area contributed by atoms with Crippen LogP contribution >= 0.6 is 23.5 Å². The van der Waals surface area contributed by atoms with E-state index in [-0.39, 0.29) is 23.0 Å². The second kappa shape index (κ2) is 14.2. The van der Waals surface area contributed by atoms with Crippen LogP contribution in [0, 0.1) is 10.1 Å². The van der Waals surface area contributed by atoms with E-state index in [1.165, 1.54) is 42.1 Å². The Morgan fingerprint density at radius 3 is 2.09 bits per heavy atom. The van der Waals surface area contributed by atoms with Gasteiger partial charge in [0.15, 0.2) is 0 Å². The van der Waals surface area contributed by atoms with Crippen LogP contribution in [0.2, 0.25) is 0 Å². The minimum Gasteiger partial charge on any atom is -0.321 e. The number of anilines is 3. The van der Waals surface area contributed by atoms with E-state index in [1.54, 1.807) is 65.2 Å². The van der Waals surface area contributed by atoms with Gasteiger partial charge in [-0.15, -0.1) is 11.8 Å². The van der Waals surface area contributed by atoms with E-state index in [0.29, 0.717) is 16.8 Å².